The van der Waals surface area contributed by atoms with Crippen LogP contribution >= 0.6 is 11.3 Å². The lowest BCUT2D eigenvalue weighted by Gasteiger charge is -2.45. The van der Waals surface area contributed by atoms with Crippen LogP contribution in [0.3, 0.4) is 0 Å². The highest BCUT2D eigenvalue weighted by Gasteiger charge is 2.40. The molecule has 2 unspecified atom stereocenters. The van der Waals surface area contributed by atoms with E-state index in [0.717, 1.165) is 36.2 Å². The van der Waals surface area contributed by atoms with Crippen LogP contribution in [0.25, 0.3) is 0 Å². The van der Waals surface area contributed by atoms with Crippen molar-refractivity contribution in [3.8, 4) is 0 Å². The van der Waals surface area contributed by atoms with Crippen LogP contribution in [0.2, 0.25) is 0 Å². The number of aldehydes is 1. The minimum atomic E-state index is 0.199. The molecule has 4 rings (SSSR count). The largest absolute Gasteiger partial charge is 0.366 e. The van der Waals surface area contributed by atoms with Gasteiger partial charge in [0.15, 0.2) is 6.29 Å². The van der Waals surface area contributed by atoms with Gasteiger partial charge in [-0.15, -0.1) is 11.3 Å². The number of anilines is 1. The zero-order valence-corrected chi connectivity index (χ0v) is 9.70. The summed E-state index contributed by atoms with van der Waals surface area (Å²) in [5.41, 5.74) is 1.03. The molecule has 3 fully saturated rings. The summed E-state index contributed by atoms with van der Waals surface area (Å²) in [6, 6.07) is 2.32. The first-order chi connectivity index (χ1) is 7.79. The van der Waals surface area contributed by atoms with Gasteiger partial charge in [-0.05, 0) is 24.3 Å². The van der Waals surface area contributed by atoms with Crippen molar-refractivity contribution in [2.75, 3.05) is 11.4 Å². The number of rotatable bonds is 2. The van der Waals surface area contributed by atoms with Gasteiger partial charge < -0.3 is 4.90 Å². The average molecular weight is 235 g/mol. The Kier molecular flexibility index (Phi) is 2.32. The summed E-state index contributed by atoms with van der Waals surface area (Å²) in [7, 11) is 0. The number of piperidine rings is 2. The third-order valence-electron chi connectivity index (χ3n) is 3.69. The topological polar surface area (TPSA) is 37.4 Å². The van der Waals surface area contributed by atoms with E-state index >= 15 is 0 Å². The molecule has 2 bridgehead atoms. The number of fused-ring (bicyclic) bond motifs is 3. The summed E-state index contributed by atoms with van der Waals surface area (Å²) in [5.74, 6) is 0.611. The van der Waals surface area contributed by atoms with Crippen LogP contribution in [0.4, 0.5) is 5.69 Å². The molecule has 1 aromatic rings. The van der Waals surface area contributed by atoms with Crippen LogP contribution in [0.1, 0.15) is 28.9 Å². The Hall–Kier alpha value is -1.16. The van der Waals surface area contributed by atoms with E-state index in [4.69, 9.17) is 0 Å². The van der Waals surface area contributed by atoms with Gasteiger partial charge in [0.2, 0.25) is 0 Å². The second-order valence-electron chi connectivity index (χ2n) is 4.54. The summed E-state index contributed by atoms with van der Waals surface area (Å²) in [4.78, 5) is 25.6. The summed E-state index contributed by atoms with van der Waals surface area (Å²) in [6.07, 6.45) is 3.70. The van der Waals surface area contributed by atoms with Crippen LogP contribution < -0.4 is 4.90 Å². The predicted octanol–water partition coefficient (Wildman–Crippen LogP) is 2.12. The van der Waals surface area contributed by atoms with Crippen LogP contribution in [-0.2, 0) is 4.79 Å². The number of Topliss-reactive ketones (excluding diaryl/α,β-unsaturated/α-hetero) is 1. The Morgan fingerprint density at radius 1 is 1.44 bits per heavy atom. The minimum absolute atomic E-state index is 0.199. The summed E-state index contributed by atoms with van der Waals surface area (Å²) >= 11 is 1.48. The maximum absolute atomic E-state index is 11.6. The predicted molar refractivity (Wildman–Crippen MR) is 63.2 cm³/mol. The van der Waals surface area contributed by atoms with Crippen molar-refractivity contribution in [3.63, 3.8) is 0 Å². The van der Waals surface area contributed by atoms with Crippen molar-refractivity contribution in [2.24, 2.45) is 5.92 Å². The van der Waals surface area contributed by atoms with Gasteiger partial charge in [0.1, 0.15) is 5.78 Å². The van der Waals surface area contributed by atoms with Crippen molar-refractivity contribution in [1.82, 2.24) is 0 Å². The van der Waals surface area contributed by atoms with E-state index in [0.29, 0.717) is 18.2 Å². The van der Waals surface area contributed by atoms with Gasteiger partial charge in [-0.2, -0.15) is 0 Å². The molecule has 0 spiro atoms. The standard InChI is InChI=1S/C12H13NO2S/c14-7-12-10(3-4-16-12)13-6-8-1-2-9(13)5-11(8)15/h3-4,7-9H,1-2,5-6H2. The van der Waals surface area contributed by atoms with E-state index in [1.807, 2.05) is 11.4 Å². The molecule has 3 aliphatic rings. The second-order valence-corrected chi connectivity index (χ2v) is 5.49. The highest BCUT2D eigenvalue weighted by Crippen LogP contribution is 2.38. The van der Waals surface area contributed by atoms with Gasteiger partial charge >= 0.3 is 0 Å². The number of thiophene rings is 1. The normalized spacial score (nSPS) is 28.5. The quantitative estimate of drug-likeness (QED) is 0.737. The minimum Gasteiger partial charge on any atom is -0.366 e. The van der Waals surface area contributed by atoms with Gasteiger partial charge in [-0.1, -0.05) is 0 Å². The number of hydrogen-bond acceptors (Lipinski definition) is 4. The van der Waals surface area contributed by atoms with Crippen LogP contribution in [0.5, 0.6) is 0 Å². The summed E-state index contributed by atoms with van der Waals surface area (Å²) in [6.45, 7) is 0.807. The molecule has 0 aromatic carbocycles. The van der Waals surface area contributed by atoms with Gasteiger partial charge in [0.05, 0.1) is 10.6 Å². The van der Waals surface area contributed by atoms with E-state index in [2.05, 4.69) is 4.90 Å². The lowest BCUT2D eigenvalue weighted by atomic mass is 9.78. The molecule has 1 aliphatic carbocycles. The van der Waals surface area contributed by atoms with Gasteiger partial charge in [0.25, 0.3) is 0 Å². The number of carbonyl (C=O) groups excluding carboxylic acids is 2. The first-order valence-corrected chi connectivity index (χ1v) is 6.49. The lowest BCUT2D eigenvalue weighted by Crippen LogP contribution is -2.52. The molecule has 84 valence electrons. The molecular weight excluding hydrogens is 222 g/mol. The first-order valence-electron chi connectivity index (χ1n) is 5.61. The fourth-order valence-electron chi connectivity index (χ4n) is 2.84. The Bertz CT molecular complexity index is 440. The van der Waals surface area contributed by atoms with Crippen LogP contribution in [0.15, 0.2) is 11.4 Å². The number of hydrogen-bond donors (Lipinski definition) is 0. The molecule has 3 heterocycles. The average Bonchev–Trinajstić information content (AvgIpc) is 2.77. The Balaban J connectivity index is 1.92. The van der Waals surface area contributed by atoms with E-state index in [-0.39, 0.29) is 5.92 Å². The Morgan fingerprint density at radius 3 is 2.94 bits per heavy atom. The molecule has 2 saturated heterocycles. The van der Waals surface area contributed by atoms with Crippen LogP contribution in [-0.4, -0.2) is 24.7 Å². The van der Waals surface area contributed by atoms with Crippen molar-refractivity contribution in [1.29, 1.82) is 0 Å². The van der Waals surface area contributed by atoms with Gasteiger partial charge in [-0.3, -0.25) is 9.59 Å². The van der Waals surface area contributed by atoms with Crippen LogP contribution in [0, 0.1) is 5.92 Å². The molecule has 3 nitrogen and oxygen atoms in total. The molecule has 1 aromatic heterocycles. The van der Waals surface area contributed by atoms with E-state index in [1.165, 1.54) is 11.3 Å². The fraction of sp³-hybridized carbons (Fsp3) is 0.500. The molecule has 2 atom stereocenters. The van der Waals surface area contributed by atoms with Crippen molar-refractivity contribution >= 4 is 29.1 Å². The zero-order valence-electron chi connectivity index (χ0n) is 8.89. The Morgan fingerprint density at radius 2 is 2.31 bits per heavy atom. The third-order valence-corrected chi connectivity index (χ3v) is 4.52. The van der Waals surface area contributed by atoms with Gasteiger partial charge in [-0.25, -0.2) is 0 Å². The summed E-state index contributed by atoms with van der Waals surface area (Å²) < 4.78 is 0. The second kappa shape index (κ2) is 3.70. The number of carbonyl (C=O) groups is 2. The summed E-state index contributed by atoms with van der Waals surface area (Å²) in [5, 5.41) is 1.95. The molecule has 0 radical (unpaired) electrons. The number of nitrogens with zero attached hydrogens (tertiary/aromatic N) is 1. The Labute approximate surface area is 98.1 Å². The molecule has 0 N–H and O–H groups in total. The fourth-order valence-corrected chi connectivity index (χ4v) is 3.54. The molecule has 2 aliphatic heterocycles. The highest BCUT2D eigenvalue weighted by molar-refractivity contribution is 7.12. The van der Waals surface area contributed by atoms with Crippen molar-refractivity contribution in [3.05, 3.63) is 16.3 Å². The smallest absolute Gasteiger partial charge is 0.162 e. The monoisotopic (exact) mass is 235 g/mol. The molecular formula is C12H13NO2S. The van der Waals surface area contributed by atoms with Gasteiger partial charge in [0, 0.05) is 24.9 Å². The molecule has 1 saturated carbocycles. The lowest BCUT2D eigenvalue weighted by molar-refractivity contribution is -0.126. The highest BCUT2D eigenvalue weighted by atomic mass is 32.1. The van der Waals surface area contributed by atoms with Crippen molar-refractivity contribution < 1.29 is 9.59 Å². The van der Waals surface area contributed by atoms with Crippen molar-refractivity contribution in [2.45, 2.75) is 25.3 Å². The molecule has 0 amide bonds. The SMILES string of the molecule is O=Cc1sccc1N1CC2CCC1CC2=O. The van der Waals surface area contributed by atoms with E-state index in [9.17, 15) is 9.59 Å². The molecule has 16 heavy (non-hydrogen) atoms. The first kappa shape index (κ1) is 10.0. The van der Waals surface area contributed by atoms with E-state index in [1.54, 1.807) is 0 Å². The van der Waals surface area contributed by atoms with E-state index < -0.39 is 0 Å². The third kappa shape index (κ3) is 1.40. The maximum Gasteiger partial charge on any atom is 0.162 e. The maximum atomic E-state index is 11.6. The zero-order chi connectivity index (χ0) is 11.1. The molecule has 4 heteroatoms. The number of ketones is 1.